The van der Waals surface area contributed by atoms with Crippen molar-refractivity contribution in [3.63, 3.8) is 0 Å². The van der Waals surface area contributed by atoms with E-state index in [4.69, 9.17) is 9.47 Å². The fraction of sp³-hybridized carbons (Fsp3) is 0.455. The molecule has 1 aromatic carbocycles. The first-order valence-electron chi connectivity index (χ1n) is 4.83. The van der Waals surface area contributed by atoms with Gasteiger partial charge in [-0.05, 0) is 26.0 Å². The molecule has 0 heterocycles. The largest absolute Gasteiger partial charge is 0.467 e. The quantitative estimate of drug-likeness (QED) is 0.663. The summed E-state index contributed by atoms with van der Waals surface area (Å²) < 4.78 is 11.4. The smallest absolute Gasteiger partial charge is 0.189 e. The second-order valence-corrected chi connectivity index (χ2v) is 4.03. The maximum absolute atomic E-state index is 9.52. The van der Waals surface area contributed by atoms with Gasteiger partial charge < -0.3 is 14.6 Å². The highest BCUT2D eigenvalue weighted by Crippen LogP contribution is 2.28. The van der Waals surface area contributed by atoms with Crippen molar-refractivity contribution in [2.24, 2.45) is 0 Å². The molecule has 4 heteroatoms. The van der Waals surface area contributed by atoms with Gasteiger partial charge in [-0.2, -0.15) is 0 Å². The first kappa shape index (κ1) is 12.5. The van der Waals surface area contributed by atoms with Crippen molar-refractivity contribution in [2.45, 2.75) is 20.0 Å². The molecule has 0 aliphatic carbocycles. The summed E-state index contributed by atoms with van der Waals surface area (Å²) in [6, 6.07) is 5.52. The molecule has 0 spiro atoms. The minimum absolute atomic E-state index is 0.201. The van der Waals surface area contributed by atoms with Crippen LogP contribution < -0.4 is 4.74 Å². The number of benzene rings is 1. The second kappa shape index (κ2) is 6.10. The summed E-state index contributed by atoms with van der Waals surface area (Å²) in [6.07, 6.45) is -0.547. The molecule has 84 valence electrons. The molecule has 0 fully saturated rings. The van der Waals surface area contributed by atoms with Crippen LogP contribution in [0.1, 0.15) is 25.5 Å². The second-order valence-electron chi connectivity index (χ2n) is 3.11. The maximum atomic E-state index is 9.52. The van der Waals surface area contributed by atoms with Gasteiger partial charge in [-0.15, -0.1) is 0 Å². The molecule has 0 unspecified atom stereocenters. The van der Waals surface area contributed by atoms with Crippen LogP contribution in [0.5, 0.6) is 5.75 Å². The van der Waals surface area contributed by atoms with E-state index < -0.39 is 6.10 Å². The van der Waals surface area contributed by atoms with Crippen molar-refractivity contribution in [3.05, 3.63) is 28.2 Å². The first-order valence-corrected chi connectivity index (χ1v) is 5.62. The highest BCUT2D eigenvalue weighted by Gasteiger charge is 2.09. The van der Waals surface area contributed by atoms with Crippen molar-refractivity contribution in [1.82, 2.24) is 0 Å². The van der Waals surface area contributed by atoms with Crippen molar-refractivity contribution in [2.75, 3.05) is 13.4 Å². The third-order valence-electron chi connectivity index (χ3n) is 1.93. The van der Waals surface area contributed by atoms with Crippen LogP contribution >= 0.6 is 15.9 Å². The normalized spacial score (nSPS) is 12.5. The fourth-order valence-corrected chi connectivity index (χ4v) is 1.51. The Hall–Kier alpha value is -0.580. The van der Waals surface area contributed by atoms with Crippen molar-refractivity contribution < 1.29 is 14.6 Å². The number of ether oxygens (including phenoxy) is 2. The van der Waals surface area contributed by atoms with E-state index in [1.165, 1.54) is 0 Å². The number of hydrogen-bond donors (Lipinski definition) is 1. The fourth-order valence-electron chi connectivity index (χ4n) is 1.17. The van der Waals surface area contributed by atoms with E-state index in [2.05, 4.69) is 15.9 Å². The predicted molar refractivity (Wildman–Crippen MR) is 61.9 cm³/mol. The Morgan fingerprint density at radius 1 is 1.47 bits per heavy atom. The lowest BCUT2D eigenvalue weighted by molar-refractivity contribution is 0.0204. The van der Waals surface area contributed by atoms with Crippen LogP contribution in [-0.2, 0) is 4.74 Å². The number of aliphatic hydroxyl groups excluding tert-OH is 1. The lowest BCUT2D eigenvalue weighted by Gasteiger charge is -2.13. The molecule has 1 atom stereocenters. The van der Waals surface area contributed by atoms with Gasteiger partial charge in [-0.3, -0.25) is 0 Å². The summed E-state index contributed by atoms with van der Waals surface area (Å²) in [7, 11) is 0. The van der Waals surface area contributed by atoms with Crippen LogP contribution in [0, 0.1) is 0 Å². The predicted octanol–water partition coefficient (Wildman–Crippen LogP) is 2.88. The monoisotopic (exact) mass is 274 g/mol. The topological polar surface area (TPSA) is 38.7 Å². The van der Waals surface area contributed by atoms with Crippen molar-refractivity contribution in [1.29, 1.82) is 0 Å². The molecule has 0 aromatic heterocycles. The molecule has 15 heavy (non-hydrogen) atoms. The van der Waals surface area contributed by atoms with Gasteiger partial charge in [0.1, 0.15) is 5.75 Å². The zero-order chi connectivity index (χ0) is 11.3. The van der Waals surface area contributed by atoms with Gasteiger partial charge in [0, 0.05) is 16.6 Å². The van der Waals surface area contributed by atoms with Gasteiger partial charge in [0.25, 0.3) is 0 Å². The maximum Gasteiger partial charge on any atom is 0.189 e. The van der Waals surface area contributed by atoms with Crippen LogP contribution in [0.15, 0.2) is 22.7 Å². The molecule has 1 rings (SSSR count). The van der Waals surface area contributed by atoms with E-state index in [9.17, 15) is 5.11 Å². The number of hydrogen-bond acceptors (Lipinski definition) is 3. The summed E-state index contributed by atoms with van der Waals surface area (Å²) in [5, 5.41) is 9.52. The summed E-state index contributed by atoms with van der Waals surface area (Å²) in [5.74, 6) is 0.646. The zero-order valence-corrected chi connectivity index (χ0v) is 10.5. The van der Waals surface area contributed by atoms with Gasteiger partial charge in [0.05, 0.1) is 6.10 Å². The van der Waals surface area contributed by atoms with E-state index >= 15 is 0 Å². The van der Waals surface area contributed by atoms with E-state index in [0.29, 0.717) is 12.4 Å². The van der Waals surface area contributed by atoms with Crippen LogP contribution in [0.4, 0.5) is 0 Å². The van der Waals surface area contributed by atoms with E-state index in [0.717, 1.165) is 10.0 Å². The van der Waals surface area contributed by atoms with Gasteiger partial charge in [-0.1, -0.05) is 22.0 Å². The van der Waals surface area contributed by atoms with Crippen molar-refractivity contribution >= 4 is 15.9 Å². The third-order valence-corrected chi connectivity index (χ3v) is 2.42. The summed E-state index contributed by atoms with van der Waals surface area (Å²) >= 11 is 3.35. The van der Waals surface area contributed by atoms with E-state index in [1.807, 2.05) is 25.1 Å². The molecule has 0 aliphatic rings. The molecule has 0 saturated carbocycles. The molecule has 0 amide bonds. The number of halogens is 1. The molecule has 0 radical (unpaired) electrons. The van der Waals surface area contributed by atoms with E-state index in [1.54, 1.807) is 6.92 Å². The first-order chi connectivity index (χ1) is 7.15. The Morgan fingerprint density at radius 3 is 2.80 bits per heavy atom. The van der Waals surface area contributed by atoms with Crippen LogP contribution in [-0.4, -0.2) is 18.5 Å². The van der Waals surface area contributed by atoms with Crippen LogP contribution in [0.3, 0.4) is 0 Å². The van der Waals surface area contributed by atoms with Gasteiger partial charge in [0.2, 0.25) is 0 Å². The lowest BCUT2D eigenvalue weighted by atomic mass is 10.1. The highest BCUT2D eigenvalue weighted by atomic mass is 79.9. The standard InChI is InChI=1S/C11H15BrO3/c1-3-14-7-15-11-6-9(12)4-5-10(11)8(2)13/h4-6,8,13H,3,7H2,1-2H3/t8-/m1/s1. The van der Waals surface area contributed by atoms with Gasteiger partial charge in [0.15, 0.2) is 6.79 Å². The van der Waals surface area contributed by atoms with Crippen molar-refractivity contribution in [3.8, 4) is 5.75 Å². The molecule has 1 N–H and O–H groups in total. The zero-order valence-electron chi connectivity index (χ0n) is 8.87. The summed E-state index contributed by atoms with van der Waals surface area (Å²) in [6.45, 7) is 4.42. The number of rotatable bonds is 5. The third kappa shape index (κ3) is 3.81. The Morgan fingerprint density at radius 2 is 2.20 bits per heavy atom. The van der Waals surface area contributed by atoms with Crippen LogP contribution in [0.25, 0.3) is 0 Å². The lowest BCUT2D eigenvalue weighted by Crippen LogP contribution is -2.05. The Labute approximate surface area is 98.1 Å². The average Bonchev–Trinajstić information content (AvgIpc) is 2.18. The molecular formula is C11H15BrO3. The number of aliphatic hydroxyl groups is 1. The molecule has 1 aromatic rings. The average molecular weight is 275 g/mol. The summed E-state index contributed by atoms with van der Waals surface area (Å²) in [4.78, 5) is 0. The molecule has 3 nitrogen and oxygen atoms in total. The summed E-state index contributed by atoms with van der Waals surface area (Å²) in [5.41, 5.74) is 0.762. The minimum atomic E-state index is -0.547. The van der Waals surface area contributed by atoms with Gasteiger partial charge in [-0.25, -0.2) is 0 Å². The SMILES string of the molecule is CCOCOc1cc(Br)ccc1[C@@H](C)O. The minimum Gasteiger partial charge on any atom is -0.467 e. The molecule has 0 saturated heterocycles. The molecule has 0 bridgehead atoms. The van der Waals surface area contributed by atoms with Crippen LogP contribution in [0.2, 0.25) is 0 Å². The Balaban J connectivity index is 2.77. The van der Waals surface area contributed by atoms with Gasteiger partial charge >= 0.3 is 0 Å². The Bertz CT molecular complexity index is 313. The molecule has 0 aliphatic heterocycles. The Kier molecular flexibility index (Phi) is 5.08. The van der Waals surface area contributed by atoms with E-state index in [-0.39, 0.29) is 6.79 Å². The highest BCUT2D eigenvalue weighted by molar-refractivity contribution is 9.10. The molecular weight excluding hydrogens is 260 g/mol.